The summed E-state index contributed by atoms with van der Waals surface area (Å²) in [7, 11) is 0. The van der Waals surface area contributed by atoms with Gasteiger partial charge >= 0.3 is 4.87 Å². The first-order chi connectivity index (χ1) is 6.74. The Hall–Kier alpha value is -1.55. The van der Waals surface area contributed by atoms with E-state index in [9.17, 15) is 4.79 Å². The number of thiazole rings is 1. The van der Waals surface area contributed by atoms with Gasteiger partial charge in [-0.2, -0.15) is 0 Å². The predicted molar refractivity (Wildman–Crippen MR) is 60.7 cm³/mol. The van der Waals surface area contributed by atoms with E-state index in [4.69, 9.17) is 5.73 Å². The highest BCUT2D eigenvalue weighted by Gasteiger charge is 2.07. The first kappa shape index (κ1) is 9.02. The van der Waals surface area contributed by atoms with E-state index >= 15 is 0 Å². The topological polar surface area (TPSA) is 48.0 Å². The highest BCUT2D eigenvalue weighted by molar-refractivity contribution is 7.16. The summed E-state index contributed by atoms with van der Waals surface area (Å²) in [6.07, 6.45) is 1.69. The number of benzene rings is 1. The number of anilines is 1. The molecule has 0 amide bonds. The molecular weight excluding hydrogens is 196 g/mol. The van der Waals surface area contributed by atoms with Crippen LogP contribution in [0.2, 0.25) is 0 Å². The van der Waals surface area contributed by atoms with Crippen molar-refractivity contribution in [3.63, 3.8) is 0 Å². The van der Waals surface area contributed by atoms with Crippen molar-refractivity contribution in [3.05, 3.63) is 40.5 Å². The van der Waals surface area contributed by atoms with E-state index in [1.165, 1.54) is 11.3 Å². The Morgan fingerprint density at radius 1 is 1.57 bits per heavy atom. The molecule has 0 aliphatic heterocycles. The molecule has 2 N–H and O–H groups in total. The second kappa shape index (κ2) is 3.31. The van der Waals surface area contributed by atoms with Crippen LogP contribution in [0.5, 0.6) is 0 Å². The zero-order chi connectivity index (χ0) is 10.1. The van der Waals surface area contributed by atoms with E-state index in [-0.39, 0.29) is 4.87 Å². The highest BCUT2D eigenvalue weighted by Crippen LogP contribution is 2.22. The lowest BCUT2D eigenvalue weighted by Gasteiger charge is -2.01. The monoisotopic (exact) mass is 206 g/mol. The molecule has 2 rings (SSSR count). The molecule has 0 saturated carbocycles. The molecule has 0 bridgehead atoms. The van der Waals surface area contributed by atoms with Crippen LogP contribution in [-0.2, 0) is 6.54 Å². The highest BCUT2D eigenvalue weighted by atomic mass is 32.1. The van der Waals surface area contributed by atoms with Gasteiger partial charge in [-0.3, -0.25) is 9.36 Å². The Labute approximate surface area is 85.1 Å². The molecule has 0 fully saturated rings. The van der Waals surface area contributed by atoms with Gasteiger partial charge in [0, 0.05) is 6.54 Å². The minimum atomic E-state index is 0.0119. The zero-order valence-corrected chi connectivity index (χ0v) is 8.38. The maximum absolute atomic E-state index is 11.6. The predicted octanol–water partition coefficient (Wildman–Crippen LogP) is 1.83. The van der Waals surface area contributed by atoms with Crippen molar-refractivity contribution in [1.82, 2.24) is 4.57 Å². The fourth-order valence-electron chi connectivity index (χ4n) is 1.45. The molecule has 72 valence electrons. The van der Waals surface area contributed by atoms with E-state index in [0.717, 1.165) is 10.2 Å². The lowest BCUT2D eigenvalue weighted by Crippen LogP contribution is -2.12. The summed E-state index contributed by atoms with van der Waals surface area (Å²) in [4.78, 5) is 11.6. The number of nitrogens with two attached hydrogens (primary N) is 1. The Kier molecular flexibility index (Phi) is 2.13. The first-order valence-electron chi connectivity index (χ1n) is 4.23. The van der Waals surface area contributed by atoms with Crippen LogP contribution in [0.1, 0.15) is 0 Å². The number of hydrogen-bond donors (Lipinski definition) is 1. The van der Waals surface area contributed by atoms with Crippen molar-refractivity contribution in [2.75, 3.05) is 5.73 Å². The number of nitrogens with zero attached hydrogens (tertiary/aromatic N) is 1. The summed E-state index contributed by atoms with van der Waals surface area (Å²) in [5, 5.41) is 0. The summed E-state index contributed by atoms with van der Waals surface area (Å²) in [6, 6.07) is 5.55. The molecule has 0 aliphatic rings. The summed E-state index contributed by atoms with van der Waals surface area (Å²) in [5.74, 6) is 0. The lowest BCUT2D eigenvalue weighted by atomic mass is 10.3. The first-order valence-corrected chi connectivity index (χ1v) is 5.04. The van der Waals surface area contributed by atoms with Gasteiger partial charge in [0.15, 0.2) is 0 Å². The van der Waals surface area contributed by atoms with Crippen LogP contribution in [-0.4, -0.2) is 4.57 Å². The standard InChI is InChI=1S/C10H10N2OS/c1-2-6-12-9-7(11)4-3-5-8(9)14-10(12)13/h2-5H,1,6,11H2. The molecule has 0 atom stereocenters. The van der Waals surface area contributed by atoms with Crippen LogP contribution in [0.3, 0.4) is 0 Å². The van der Waals surface area contributed by atoms with Crippen molar-refractivity contribution in [1.29, 1.82) is 0 Å². The maximum atomic E-state index is 11.6. The third-order valence-corrected chi connectivity index (χ3v) is 2.97. The minimum absolute atomic E-state index is 0.0119. The van der Waals surface area contributed by atoms with Crippen LogP contribution in [0.4, 0.5) is 5.69 Å². The third kappa shape index (κ3) is 1.24. The molecule has 0 saturated heterocycles. The van der Waals surface area contributed by atoms with Gasteiger partial charge in [-0.1, -0.05) is 23.5 Å². The Morgan fingerprint density at radius 3 is 3.07 bits per heavy atom. The summed E-state index contributed by atoms with van der Waals surface area (Å²) >= 11 is 1.21. The van der Waals surface area contributed by atoms with Crippen LogP contribution in [0.15, 0.2) is 35.6 Å². The fourth-order valence-corrected chi connectivity index (χ4v) is 2.38. The zero-order valence-electron chi connectivity index (χ0n) is 7.56. The summed E-state index contributed by atoms with van der Waals surface area (Å²) in [5.41, 5.74) is 7.28. The van der Waals surface area contributed by atoms with Gasteiger partial charge in [-0.05, 0) is 12.1 Å². The van der Waals surface area contributed by atoms with Crippen LogP contribution >= 0.6 is 11.3 Å². The number of para-hydroxylation sites is 1. The van der Waals surface area contributed by atoms with Gasteiger partial charge in [0.05, 0.1) is 15.9 Å². The molecule has 0 spiro atoms. The average molecular weight is 206 g/mol. The quantitative estimate of drug-likeness (QED) is 0.602. The second-order valence-electron chi connectivity index (χ2n) is 2.96. The minimum Gasteiger partial charge on any atom is -0.397 e. The molecule has 0 unspecified atom stereocenters. The molecule has 3 nitrogen and oxygen atoms in total. The molecule has 1 heterocycles. The number of allylic oxidation sites excluding steroid dienone is 1. The van der Waals surface area contributed by atoms with Gasteiger partial charge in [0.2, 0.25) is 0 Å². The van der Waals surface area contributed by atoms with Gasteiger partial charge < -0.3 is 5.73 Å². The van der Waals surface area contributed by atoms with Crippen LogP contribution in [0, 0.1) is 0 Å². The van der Waals surface area contributed by atoms with Crippen molar-refractivity contribution in [3.8, 4) is 0 Å². The molecule has 0 radical (unpaired) electrons. The molecule has 4 heteroatoms. The average Bonchev–Trinajstić information content (AvgIpc) is 2.45. The largest absolute Gasteiger partial charge is 0.397 e. The molecule has 0 aliphatic carbocycles. The van der Waals surface area contributed by atoms with Crippen molar-refractivity contribution >= 4 is 27.2 Å². The lowest BCUT2D eigenvalue weighted by molar-refractivity contribution is 0.843. The van der Waals surface area contributed by atoms with Crippen LogP contribution in [0.25, 0.3) is 10.2 Å². The normalized spacial score (nSPS) is 10.6. The van der Waals surface area contributed by atoms with Crippen molar-refractivity contribution in [2.24, 2.45) is 0 Å². The van der Waals surface area contributed by atoms with Crippen molar-refractivity contribution < 1.29 is 0 Å². The van der Waals surface area contributed by atoms with Crippen molar-refractivity contribution in [2.45, 2.75) is 6.54 Å². The molecular formula is C10H10N2OS. The molecule has 1 aromatic carbocycles. The number of aromatic nitrogens is 1. The number of fused-ring (bicyclic) bond motifs is 1. The Bertz CT molecular complexity index is 539. The SMILES string of the molecule is C=CCn1c(=O)sc2cccc(N)c21. The molecule has 1 aromatic heterocycles. The van der Waals surface area contributed by atoms with E-state index < -0.39 is 0 Å². The third-order valence-electron chi connectivity index (χ3n) is 2.03. The maximum Gasteiger partial charge on any atom is 0.308 e. The van der Waals surface area contributed by atoms with E-state index in [0.29, 0.717) is 12.2 Å². The number of hydrogen-bond acceptors (Lipinski definition) is 3. The van der Waals surface area contributed by atoms with Gasteiger partial charge in [-0.15, -0.1) is 6.58 Å². The summed E-state index contributed by atoms with van der Waals surface area (Å²) in [6.45, 7) is 4.12. The molecule has 2 aromatic rings. The van der Waals surface area contributed by atoms with E-state index in [2.05, 4.69) is 6.58 Å². The van der Waals surface area contributed by atoms with Crippen LogP contribution < -0.4 is 10.6 Å². The molecule has 14 heavy (non-hydrogen) atoms. The number of nitrogen functional groups attached to an aromatic ring is 1. The van der Waals surface area contributed by atoms with Gasteiger partial charge in [0.1, 0.15) is 0 Å². The fraction of sp³-hybridized carbons (Fsp3) is 0.100. The van der Waals surface area contributed by atoms with E-state index in [1.54, 1.807) is 16.7 Å². The second-order valence-corrected chi connectivity index (χ2v) is 3.95. The Balaban J connectivity index is 2.86. The van der Waals surface area contributed by atoms with E-state index in [1.807, 2.05) is 12.1 Å². The summed E-state index contributed by atoms with van der Waals surface area (Å²) < 4.78 is 2.57. The smallest absolute Gasteiger partial charge is 0.308 e. The van der Waals surface area contributed by atoms with Gasteiger partial charge in [-0.25, -0.2) is 0 Å². The number of rotatable bonds is 2. The Morgan fingerprint density at radius 2 is 2.36 bits per heavy atom. The van der Waals surface area contributed by atoms with Gasteiger partial charge in [0.25, 0.3) is 0 Å².